The molecule has 0 spiro atoms. The molecule has 0 aromatic carbocycles. The predicted octanol–water partition coefficient (Wildman–Crippen LogP) is 0.407. The van der Waals surface area contributed by atoms with Crippen LogP contribution in [0.2, 0.25) is 0 Å². The van der Waals surface area contributed by atoms with E-state index < -0.39 is 0 Å². The molecule has 1 unspecified atom stereocenters. The molecule has 18 heavy (non-hydrogen) atoms. The standard InChI is InChI=1S/C13H25N3O2/c1-3-14-9-10(2)13(18)15-8-4-5-12(17)16-11-6-7-11/h10-11,14H,3-9H2,1-2H3,(H,15,18)(H,16,17). The second-order valence-electron chi connectivity index (χ2n) is 4.95. The maximum atomic E-state index is 11.6. The van der Waals surface area contributed by atoms with Gasteiger partial charge in [-0.3, -0.25) is 9.59 Å². The lowest BCUT2D eigenvalue weighted by Crippen LogP contribution is -2.36. The highest BCUT2D eigenvalue weighted by Gasteiger charge is 2.22. The first kappa shape index (κ1) is 15.0. The van der Waals surface area contributed by atoms with Gasteiger partial charge in [-0.25, -0.2) is 0 Å². The van der Waals surface area contributed by atoms with Gasteiger partial charge in [-0.1, -0.05) is 13.8 Å². The topological polar surface area (TPSA) is 70.2 Å². The summed E-state index contributed by atoms with van der Waals surface area (Å²) < 4.78 is 0. The van der Waals surface area contributed by atoms with E-state index in [9.17, 15) is 9.59 Å². The van der Waals surface area contributed by atoms with Gasteiger partial charge in [-0.05, 0) is 25.8 Å². The molecule has 1 rings (SSSR count). The highest BCUT2D eigenvalue weighted by Crippen LogP contribution is 2.18. The summed E-state index contributed by atoms with van der Waals surface area (Å²) in [6.07, 6.45) is 3.44. The predicted molar refractivity (Wildman–Crippen MR) is 71.1 cm³/mol. The van der Waals surface area contributed by atoms with Gasteiger partial charge < -0.3 is 16.0 Å². The Balaban J connectivity index is 1.98. The molecule has 0 aromatic heterocycles. The molecule has 3 N–H and O–H groups in total. The van der Waals surface area contributed by atoms with Crippen LogP contribution in [0.25, 0.3) is 0 Å². The second kappa shape index (κ2) is 8.08. The lowest BCUT2D eigenvalue weighted by atomic mass is 10.1. The summed E-state index contributed by atoms with van der Waals surface area (Å²) in [7, 11) is 0. The number of rotatable bonds is 9. The number of nitrogens with one attached hydrogen (secondary N) is 3. The second-order valence-corrected chi connectivity index (χ2v) is 4.95. The van der Waals surface area contributed by atoms with Crippen LogP contribution in [-0.4, -0.2) is 37.5 Å². The van der Waals surface area contributed by atoms with E-state index in [4.69, 9.17) is 0 Å². The van der Waals surface area contributed by atoms with Crippen LogP contribution in [0, 0.1) is 5.92 Å². The number of carbonyl (C=O) groups is 2. The van der Waals surface area contributed by atoms with Crippen molar-refractivity contribution < 1.29 is 9.59 Å². The molecule has 1 fully saturated rings. The van der Waals surface area contributed by atoms with E-state index in [0.717, 1.165) is 19.4 Å². The summed E-state index contributed by atoms with van der Waals surface area (Å²) in [6.45, 7) is 6.07. The highest BCUT2D eigenvalue weighted by atomic mass is 16.2. The van der Waals surface area contributed by atoms with Crippen molar-refractivity contribution >= 4 is 11.8 Å². The molecule has 2 amide bonds. The van der Waals surface area contributed by atoms with Crippen LogP contribution in [0.3, 0.4) is 0 Å². The molecule has 0 bridgehead atoms. The number of hydrogen-bond acceptors (Lipinski definition) is 3. The van der Waals surface area contributed by atoms with Crippen LogP contribution in [0.1, 0.15) is 39.5 Å². The van der Waals surface area contributed by atoms with Crippen LogP contribution in [-0.2, 0) is 9.59 Å². The fourth-order valence-electron chi connectivity index (χ4n) is 1.62. The largest absolute Gasteiger partial charge is 0.356 e. The molecule has 0 radical (unpaired) electrons. The van der Waals surface area contributed by atoms with Crippen LogP contribution in [0.4, 0.5) is 0 Å². The molecular weight excluding hydrogens is 230 g/mol. The van der Waals surface area contributed by atoms with Crippen molar-refractivity contribution in [3.63, 3.8) is 0 Å². The van der Waals surface area contributed by atoms with Gasteiger partial charge in [0, 0.05) is 31.5 Å². The maximum Gasteiger partial charge on any atom is 0.224 e. The van der Waals surface area contributed by atoms with E-state index in [1.165, 1.54) is 0 Å². The molecule has 0 heterocycles. The van der Waals surface area contributed by atoms with E-state index in [1.807, 2.05) is 13.8 Å². The summed E-state index contributed by atoms with van der Waals surface area (Å²) in [6, 6.07) is 0.423. The third-order valence-electron chi connectivity index (χ3n) is 2.97. The van der Waals surface area contributed by atoms with Crippen LogP contribution in [0.15, 0.2) is 0 Å². The van der Waals surface area contributed by atoms with Crippen molar-refractivity contribution in [2.75, 3.05) is 19.6 Å². The quantitative estimate of drug-likeness (QED) is 0.523. The molecule has 0 aromatic rings. The molecule has 0 saturated heterocycles. The Labute approximate surface area is 109 Å². The molecule has 1 aliphatic rings. The van der Waals surface area contributed by atoms with Crippen molar-refractivity contribution in [1.82, 2.24) is 16.0 Å². The number of hydrogen-bond donors (Lipinski definition) is 3. The molecule has 1 saturated carbocycles. The van der Waals surface area contributed by atoms with Gasteiger partial charge in [0.2, 0.25) is 11.8 Å². The van der Waals surface area contributed by atoms with Crippen molar-refractivity contribution in [3.05, 3.63) is 0 Å². The monoisotopic (exact) mass is 255 g/mol. The minimum absolute atomic E-state index is 0.0229. The van der Waals surface area contributed by atoms with Crippen molar-refractivity contribution in [1.29, 1.82) is 0 Å². The lowest BCUT2D eigenvalue weighted by Gasteiger charge is -2.12. The normalized spacial score (nSPS) is 16.1. The molecule has 104 valence electrons. The Morgan fingerprint density at radius 3 is 2.67 bits per heavy atom. The van der Waals surface area contributed by atoms with E-state index in [-0.39, 0.29) is 17.7 Å². The highest BCUT2D eigenvalue weighted by molar-refractivity contribution is 5.79. The van der Waals surface area contributed by atoms with Gasteiger partial charge >= 0.3 is 0 Å². The number of carbonyl (C=O) groups excluding carboxylic acids is 2. The van der Waals surface area contributed by atoms with E-state index in [2.05, 4.69) is 16.0 Å². The summed E-state index contributed by atoms with van der Waals surface area (Å²) >= 11 is 0. The zero-order valence-corrected chi connectivity index (χ0v) is 11.4. The van der Waals surface area contributed by atoms with Crippen molar-refractivity contribution in [3.8, 4) is 0 Å². The third kappa shape index (κ3) is 6.59. The fourth-order valence-corrected chi connectivity index (χ4v) is 1.62. The van der Waals surface area contributed by atoms with E-state index >= 15 is 0 Å². The summed E-state index contributed by atoms with van der Waals surface area (Å²) in [5, 5.41) is 8.93. The molecular formula is C13H25N3O2. The van der Waals surface area contributed by atoms with E-state index in [0.29, 0.717) is 32.0 Å². The molecule has 1 aliphatic carbocycles. The summed E-state index contributed by atoms with van der Waals surface area (Å²) in [5.41, 5.74) is 0. The minimum atomic E-state index is -0.0229. The molecule has 5 nitrogen and oxygen atoms in total. The smallest absolute Gasteiger partial charge is 0.224 e. The van der Waals surface area contributed by atoms with Gasteiger partial charge in [0.1, 0.15) is 0 Å². The Morgan fingerprint density at radius 1 is 1.33 bits per heavy atom. The van der Waals surface area contributed by atoms with Crippen LogP contribution >= 0.6 is 0 Å². The zero-order valence-electron chi connectivity index (χ0n) is 11.4. The van der Waals surface area contributed by atoms with Crippen LogP contribution < -0.4 is 16.0 Å². The van der Waals surface area contributed by atoms with Gasteiger partial charge in [-0.15, -0.1) is 0 Å². The average molecular weight is 255 g/mol. The zero-order chi connectivity index (χ0) is 13.4. The molecule has 1 atom stereocenters. The third-order valence-corrected chi connectivity index (χ3v) is 2.97. The summed E-state index contributed by atoms with van der Waals surface area (Å²) in [5.74, 6) is 0.135. The van der Waals surface area contributed by atoms with Crippen molar-refractivity contribution in [2.24, 2.45) is 5.92 Å². The molecule has 0 aliphatic heterocycles. The van der Waals surface area contributed by atoms with Gasteiger partial charge in [-0.2, -0.15) is 0 Å². The lowest BCUT2D eigenvalue weighted by molar-refractivity contribution is -0.125. The Morgan fingerprint density at radius 2 is 2.06 bits per heavy atom. The Hall–Kier alpha value is -1.10. The minimum Gasteiger partial charge on any atom is -0.356 e. The van der Waals surface area contributed by atoms with E-state index in [1.54, 1.807) is 0 Å². The first-order chi connectivity index (χ1) is 8.63. The average Bonchev–Trinajstić information content (AvgIpc) is 3.15. The SMILES string of the molecule is CCNCC(C)C(=O)NCCCC(=O)NC1CC1. The van der Waals surface area contributed by atoms with Gasteiger partial charge in [0.25, 0.3) is 0 Å². The summed E-state index contributed by atoms with van der Waals surface area (Å²) in [4.78, 5) is 23.0. The fraction of sp³-hybridized carbons (Fsp3) is 0.846. The van der Waals surface area contributed by atoms with Gasteiger partial charge in [0.15, 0.2) is 0 Å². The molecule has 5 heteroatoms. The van der Waals surface area contributed by atoms with Crippen molar-refractivity contribution in [2.45, 2.75) is 45.6 Å². The Bertz CT molecular complexity index is 277. The van der Waals surface area contributed by atoms with Crippen LogP contribution in [0.5, 0.6) is 0 Å². The first-order valence-electron chi connectivity index (χ1n) is 6.91. The maximum absolute atomic E-state index is 11.6. The Kier molecular flexibility index (Phi) is 6.72. The first-order valence-corrected chi connectivity index (χ1v) is 6.91. The van der Waals surface area contributed by atoms with Gasteiger partial charge in [0.05, 0.1) is 0 Å². The number of amides is 2.